The van der Waals surface area contributed by atoms with Gasteiger partial charge in [0.15, 0.2) is 0 Å². The topological polar surface area (TPSA) is 0 Å². The molecule has 0 aliphatic carbocycles. The van der Waals surface area contributed by atoms with Crippen molar-refractivity contribution in [2.75, 3.05) is 69.0 Å². The number of allylic oxidation sites excluding steroid dienone is 8. The van der Waals surface area contributed by atoms with Gasteiger partial charge in [0.25, 0.3) is 0 Å². The van der Waals surface area contributed by atoms with E-state index in [0.29, 0.717) is 0 Å². The van der Waals surface area contributed by atoms with Crippen molar-refractivity contribution in [1.29, 1.82) is 0 Å². The summed E-state index contributed by atoms with van der Waals surface area (Å²) in [6.07, 6.45) is 60.1. The van der Waals surface area contributed by atoms with E-state index in [9.17, 15) is 0 Å². The third-order valence-electron chi connectivity index (χ3n) is 10.2. The van der Waals surface area contributed by atoms with Gasteiger partial charge >= 0.3 is 0 Å². The van der Waals surface area contributed by atoms with Crippen molar-refractivity contribution in [3.63, 3.8) is 0 Å². The van der Waals surface area contributed by atoms with Crippen LogP contribution in [0.3, 0.4) is 0 Å². The SMILES string of the molecule is C.C.CCC=CCC.CCC=CCC.CCC=CCC.CCC=CCC.CCCCCC.CCCCCC.CCCCCC.CCCCCC.CCCCCC.CCCCCC.CCSSCC.CCSSCC.CCSSCC.CCSSCC.CCSSCC.CCSSCC. The molecule has 0 spiro atoms. The zero-order chi connectivity index (χ0) is 77.3. The molecule has 98 heavy (non-hydrogen) atoms. The molecule has 0 amide bonds. The van der Waals surface area contributed by atoms with Crippen molar-refractivity contribution < 1.29 is 0 Å². The Labute approximate surface area is 682 Å². The molecule has 0 aromatic heterocycles. The second-order valence-corrected chi connectivity index (χ2v) is 38.5. The van der Waals surface area contributed by atoms with E-state index in [2.05, 4.69) is 270 Å². The number of unbranched alkanes of at least 4 members (excludes halogenated alkanes) is 18. The lowest BCUT2D eigenvalue weighted by Crippen LogP contribution is -1.66. The smallest absolute Gasteiger partial charge is 0.000844 e. The fourth-order valence-electron chi connectivity index (χ4n) is 5.33. The minimum Gasteiger partial charge on any atom is -0.0945 e. The molecule has 0 atom stereocenters. The highest BCUT2D eigenvalue weighted by atomic mass is 33.1. The van der Waals surface area contributed by atoms with Gasteiger partial charge in [0.05, 0.1) is 0 Å². The maximum absolute atomic E-state index is 2.23. The van der Waals surface area contributed by atoms with Gasteiger partial charge in [0, 0.05) is 69.0 Å². The first-order valence-corrected chi connectivity index (χ1v) is 55.6. The second-order valence-electron chi connectivity index (χ2n) is 20.3. The van der Waals surface area contributed by atoms with Gasteiger partial charge in [-0.25, -0.2) is 0 Å². The third kappa shape index (κ3) is 365. The van der Waals surface area contributed by atoms with E-state index in [4.69, 9.17) is 0 Å². The molecule has 0 saturated carbocycles. The Balaban J connectivity index is -0.0000000435. The summed E-state index contributed by atoms with van der Waals surface area (Å²) in [5, 5.41) is 0. The molecule has 0 saturated heterocycles. The predicted molar refractivity (Wildman–Crippen MR) is 529 cm³/mol. The number of hydrogen-bond acceptors (Lipinski definition) is 12. The molecule has 616 valence electrons. The van der Waals surface area contributed by atoms with E-state index in [1.807, 2.05) is 130 Å². The quantitative estimate of drug-likeness (QED) is 0.0324. The van der Waals surface area contributed by atoms with E-state index in [0.717, 1.165) is 0 Å². The van der Waals surface area contributed by atoms with Crippen molar-refractivity contribution in [3.8, 4) is 0 Å². The molecule has 0 heterocycles. The minimum atomic E-state index is 0. The van der Waals surface area contributed by atoms with Gasteiger partial charge in [-0.3, -0.25) is 0 Å². The van der Waals surface area contributed by atoms with Crippen molar-refractivity contribution in [3.05, 3.63) is 48.6 Å². The molecule has 0 unspecified atom stereocenters. The summed E-state index contributed by atoms with van der Waals surface area (Å²) in [6, 6.07) is 0. The Kier molecular flexibility index (Phi) is 327. The van der Waals surface area contributed by atoms with E-state index in [1.54, 1.807) is 0 Å². The number of hydrogen-bond donors (Lipinski definition) is 0. The fraction of sp³-hybridized carbons (Fsp3) is 0.907. The van der Waals surface area contributed by atoms with Gasteiger partial charge in [0.1, 0.15) is 0 Å². The summed E-state index contributed by atoms with van der Waals surface area (Å²) in [5.41, 5.74) is 0. The van der Waals surface area contributed by atoms with Crippen LogP contribution in [-0.2, 0) is 0 Å². The molecular weight excluding hydrogens is 1420 g/mol. The molecular formula is C86H200S12. The van der Waals surface area contributed by atoms with Crippen LogP contribution in [-0.4, -0.2) is 69.0 Å². The summed E-state index contributed by atoms with van der Waals surface area (Å²) >= 11 is 0. The molecule has 0 aliphatic rings. The Morgan fingerprint density at radius 1 is 0.122 bits per heavy atom. The van der Waals surface area contributed by atoms with Crippen LogP contribution >= 0.6 is 130 Å². The first-order chi connectivity index (χ1) is 46.6. The third-order valence-corrected chi connectivity index (χ3v) is 25.5. The van der Waals surface area contributed by atoms with Gasteiger partial charge in [-0.1, -0.05) is 569 Å². The van der Waals surface area contributed by atoms with Crippen molar-refractivity contribution in [2.45, 2.75) is 442 Å². The second kappa shape index (κ2) is 218. The normalized spacial score (nSPS) is 9.14. The Bertz CT molecular complexity index is 686. The molecule has 0 aromatic rings. The maximum Gasteiger partial charge on any atom is 0.000844 e. The Morgan fingerprint density at radius 3 is 0.214 bits per heavy atom. The van der Waals surface area contributed by atoms with Crippen LogP contribution < -0.4 is 0 Å². The molecule has 0 N–H and O–H groups in total. The van der Waals surface area contributed by atoms with Gasteiger partial charge in [-0.05, 0) is 51.4 Å². The Hall–Kier alpha value is 3.16. The molecule has 0 fully saturated rings. The van der Waals surface area contributed by atoms with Crippen LogP contribution in [0.4, 0.5) is 0 Å². The van der Waals surface area contributed by atoms with Crippen LogP contribution in [0.5, 0.6) is 0 Å². The van der Waals surface area contributed by atoms with Crippen molar-refractivity contribution in [2.24, 2.45) is 0 Å². The lowest BCUT2D eigenvalue weighted by molar-refractivity contribution is 0.702. The molecule has 0 rings (SSSR count). The highest BCUT2D eigenvalue weighted by Crippen LogP contribution is 2.21. The average Bonchev–Trinajstić information content (AvgIpc) is 3.62. The van der Waals surface area contributed by atoms with Crippen LogP contribution in [0.1, 0.15) is 442 Å². The largest absolute Gasteiger partial charge is 0.0945 e. The Morgan fingerprint density at radius 2 is 0.184 bits per heavy atom. The summed E-state index contributed by atoms with van der Waals surface area (Å²) in [6.45, 7) is 70.0. The summed E-state index contributed by atoms with van der Waals surface area (Å²) < 4.78 is 0. The van der Waals surface area contributed by atoms with Crippen LogP contribution in [0, 0.1) is 0 Å². The van der Waals surface area contributed by atoms with Crippen molar-refractivity contribution >= 4 is 130 Å². The number of rotatable bonds is 44. The minimum absolute atomic E-state index is 0. The van der Waals surface area contributed by atoms with Gasteiger partial charge in [0.2, 0.25) is 0 Å². The lowest BCUT2D eigenvalue weighted by Gasteiger charge is -1.86. The van der Waals surface area contributed by atoms with Crippen molar-refractivity contribution in [1.82, 2.24) is 0 Å². The summed E-state index contributed by atoms with van der Waals surface area (Å²) in [7, 11) is 23.1. The van der Waals surface area contributed by atoms with Crippen LogP contribution in [0.25, 0.3) is 0 Å². The zero-order valence-electron chi connectivity index (χ0n) is 72.6. The van der Waals surface area contributed by atoms with E-state index >= 15 is 0 Å². The molecule has 0 aromatic carbocycles. The van der Waals surface area contributed by atoms with Gasteiger partial charge in [-0.2, -0.15) is 0 Å². The fourth-order valence-corrected chi connectivity index (χ4v) is 13.3. The first kappa shape index (κ1) is 147. The predicted octanol–water partition coefficient (Wildman–Crippen LogP) is 40.7. The monoisotopic (exact) mass is 1620 g/mol. The first-order valence-electron chi connectivity index (χ1n) is 40.7. The zero-order valence-corrected chi connectivity index (χ0v) is 82.4. The molecule has 0 radical (unpaired) electrons. The summed E-state index contributed by atoms with van der Waals surface area (Å²) in [5.74, 6) is 14.8. The van der Waals surface area contributed by atoms with E-state index < -0.39 is 0 Å². The van der Waals surface area contributed by atoms with E-state index in [-0.39, 0.29) is 14.9 Å². The molecule has 0 bridgehead atoms. The lowest BCUT2D eigenvalue weighted by atomic mass is 10.2. The van der Waals surface area contributed by atoms with Crippen LogP contribution in [0.15, 0.2) is 48.6 Å². The summed E-state index contributed by atoms with van der Waals surface area (Å²) in [4.78, 5) is 0. The molecule has 0 nitrogen and oxygen atoms in total. The van der Waals surface area contributed by atoms with E-state index in [1.165, 1.54) is 275 Å². The van der Waals surface area contributed by atoms with Gasteiger partial charge in [-0.15, -0.1) is 0 Å². The average molecular weight is 1620 g/mol. The highest BCUT2D eigenvalue weighted by molar-refractivity contribution is 8.78. The standard InChI is InChI=1S/6C6H14.4C6H12.6C4H10S2.2CH4/c16*1-3-5-6-4-2;;/h6*3-6H2,1-2H3;4*5-6H,3-4H2,1-2H3;6*3-4H2,1-2H3;2*1H4. The van der Waals surface area contributed by atoms with Gasteiger partial charge < -0.3 is 0 Å². The van der Waals surface area contributed by atoms with Crippen LogP contribution in [0.2, 0.25) is 0 Å². The highest BCUT2D eigenvalue weighted by Gasteiger charge is 1.82. The maximum atomic E-state index is 2.23. The molecule has 12 heteroatoms. The molecule has 0 aliphatic heterocycles.